The molecule has 110 valence electrons. The monoisotopic (exact) mass is 310 g/mol. The molecule has 2 aromatic carbocycles. The van der Waals surface area contributed by atoms with E-state index in [1.807, 2.05) is 0 Å². The lowest BCUT2D eigenvalue weighted by Gasteiger charge is -1.97. The molecule has 0 atom stereocenters. The average molecular weight is 310 g/mol. The van der Waals surface area contributed by atoms with Crippen molar-refractivity contribution in [3.05, 3.63) is 66.0 Å². The third-order valence-corrected chi connectivity index (χ3v) is 2.50. The van der Waals surface area contributed by atoms with Gasteiger partial charge in [0.15, 0.2) is 0 Å². The first kappa shape index (κ1) is 16.5. The Morgan fingerprint density at radius 1 is 1.05 bits per heavy atom. The molecule has 0 fully saturated rings. The van der Waals surface area contributed by atoms with Crippen molar-refractivity contribution in [2.75, 3.05) is 0 Å². The van der Waals surface area contributed by atoms with E-state index in [4.69, 9.17) is 5.21 Å². The third-order valence-electron chi connectivity index (χ3n) is 2.14. The van der Waals surface area contributed by atoms with Crippen LogP contribution in [-0.4, -0.2) is 19.5 Å². The van der Waals surface area contributed by atoms with E-state index in [2.05, 4.69) is 4.36 Å². The molecular formula is C13H11FN2O4S. The maximum atomic E-state index is 11.9. The summed E-state index contributed by atoms with van der Waals surface area (Å²) in [6, 6.07) is 13.3. The van der Waals surface area contributed by atoms with Gasteiger partial charge in [-0.15, -0.1) is 4.36 Å². The molecule has 6 nitrogen and oxygen atoms in total. The number of carbonyl (C=O) groups excluding carboxylic acids is 1. The van der Waals surface area contributed by atoms with Crippen molar-refractivity contribution >= 4 is 22.1 Å². The van der Waals surface area contributed by atoms with E-state index in [9.17, 15) is 17.6 Å². The Bertz CT molecular complexity index is 708. The molecule has 0 saturated carbocycles. The number of nitrogens with zero attached hydrogens (tertiary/aromatic N) is 1. The van der Waals surface area contributed by atoms with Gasteiger partial charge in [-0.25, -0.2) is 9.87 Å². The van der Waals surface area contributed by atoms with E-state index in [0.717, 1.165) is 0 Å². The maximum Gasteiger partial charge on any atom is 0.316 e. The standard InChI is InChI=1S/C7H6N2O4S.C6H5F/c10-7(8-11)5-1-3-6(4-2-5)9-14(12)13;7-6-4-2-1-3-5-6/h1-4,11H,(H,8,10);1-5H. The van der Waals surface area contributed by atoms with Crippen molar-refractivity contribution in [3.8, 4) is 0 Å². The van der Waals surface area contributed by atoms with Crippen LogP contribution in [0.25, 0.3) is 0 Å². The van der Waals surface area contributed by atoms with Crippen LogP contribution in [0.2, 0.25) is 0 Å². The molecule has 0 heterocycles. The number of hydroxylamine groups is 1. The smallest absolute Gasteiger partial charge is 0.288 e. The largest absolute Gasteiger partial charge is 0.316 e. The number of carbonyl (C=O) groups is 1. The van der Waals surface area contributed by atoms with Gasteiger partial charge in [-0.3, -0.25) is 10.0 Å². The van der Waals surface area contributed by atoms with Gasteiger partial charge in [0.2, 0.25) is 0 Å². The molecule has 1 amide bonds. The number of nitrogens with one attached hydrogen (secondary N) is 1. The Morgan fingerprint density at radius 2 is 1.62 bits per heavy atom. The van der Waals surface area contributed by atoms with Crippen molar-refractivity contribution in [1.82, 2.24) is 5.48 Å². The fourth-order valence-corrected chi connectivity index (χ4v) is 1.53. The number of halogens is 1. The molecule has 0 aromatic heterocycles. The number of rotatable bonds is 2. The van der Waals surface area contributed by atoms with Crippen molar-refractivity contribution in [1.29, 1.82) is 0 Å². The van der Waals surface area contributed by atoms with Crippen molar-refractivity contribution in [3.63, 3.8) is 0 Å². The lowest BCUT2D eigenvalue weighted by Crippen LogP contribution is -2.18. The van der Waals surface area contributed by atoms with E-state index >= 15 is 0 Å². The normalized spacial score (nSPS) is 9.05. The van der Waals surface area contributed by atoms with Crippen molar-refractivity contribution < 1.29 is 22.8 Å². The zero-order chi connectivity index (χ0) is 15.7. The minimum absolute atomic E-state index is 0.178. The van der Waals surface area contributed by atoms with Gasteiger partial charge >= 0.3 is 10.5 Å². The molecule has 2 rings (SSSR count). The van der Waals surface area contributed by atoms with Gasteiger partial charge in [0, 0.05) is 5.56 Å². The highest BCUT2D eigenvalue weighted by Crippen LogP contribution is 2.12. The highest BCUT2D eigenvalue weighted by Gasteiger charge is 2.02. The molecule has 0 bridgehead atoms. The van der Waals surface area contributed by atoms with E-state index in [1.54, 1.807) is 18.2 Å². The summed E-state index contributed by atoms with van der Waals surface area (Å²) in [6.07, 6.45) is 0. The van der Waals surface area contributed by atoms with E-state index in [-0.39, 0.29) is 17.1 Å². The second-order valence-corrected chi connectivity index (χ2v) is 4.21. The number of hydrogen-bond donors (Lipinski definition) is 2. The molecule has 0 aliphatic heterocycles. The summed E-state index contributed by atoms with van der Waals surface area (Å²) < 4.78 is 35.4. The Labute approximate surface area is 121 Å². The van der Waals surface area contributed by atoms with Crippen molar-refractivity contribution in [2.24, 2.45) is 4.36 Å². The van der Waals surface area contributed by atoms with Gasteiger partial charge in [0.25, 0.3) is 5.91 Å². The molecular weight excluding hydrogens is 299 g/mol. The second-order valence-electron chi connectivity index (χ2n) is 3.59. The van der Waals surface area contributed by atoms with Crippen LogP contribution in [0.3, 0.4) is 0 Å². The Morgan fingerprint density at radius 3 is 2.00 bits per heavy atom. The Balaban J connectivity index is 0.000000262. The van der Waals surface area contributed by atoms with Gasteiger partial charge in [-0.05, 0) is 36.4 Å². The highest BCUT2D eigenvalue weighted by atomic mass is 32.2. The summed E-state index contributed by atoms with van der Waals surface area (Å²) in [5, 5.41) is 8.28. The fourth-order valence-electron chi connectivity index (χ4n) is 1.24. The first-order chi connectivity index (χ1) is 10.0. The SMILES string of the molecule is Fc1ccccc1.O=C(NO)c1ccc(N=S(=O)=O)cc1. The summed E-state index contributed by atoms with van der Waals surface area (Å²) in [6.45, 7) is 0. The van der Waals surface area contributed by atoms with Gasteiger partial charge in [0.1, 0.15) is 5.82 Å². The molecule has 0 aliphatic carbocycles. The zero-order valence-electron chi connectivity index (χ0n) is 10.6. The first-order valence-electron chi connectivity index (χ1n) is 5.59. The maximum absolute atomic E-state index is 11.9. The first-order valence-corrected chi connectivity index (χ1v) is 6.62. The highest BCUT2D eigenvalue weighted by molar-refractivity contribution is 7.61. The van der Waals surface area contributed by atoms with E-state index in [0.29, 0.717) is 0 Å². The zero-order valence-corrected chi connectivity index (χ0v) is 11.4. The molecule has 0 spiro atoms. The third kappa shape index (κ3) is 6.41. The molecule has 2 N–H and O–H groups in total. The summed E-state index contributed by atoms with van der Waals surface area (Å²) in [5.41, 5.74) is 1.88. The lowest BCUT2D eigenvalue weighted by molar-refractivity contribution is 0.0706. The molecule has 0 radical (unpaired) electrons. The van der Waals surface area contributed by atoms with Crippen LogP contribution in [0.1, 0.15) is 10.4 Å². The van der Waals surface area contributed by atoms with Crippen LogP contribution in [0.4, 0.5) is 10.1 Å². The van der Waals surface area contributed by atoms with Crippen LogP contribution in [0, 0.1) is 5.82 Å². The number of benzene rings is 2. The molecule has 0 saturated heterocycles. The van der Waals surface area contributed by atoms with Gasteiger partial charge in [-0.2, -0.15) is 8.42 Å². The lowest BCUT2D eigenvalue weighted by atomic mass is 10.2. The molecule has 0 aliphatic rings. The quantitative estimate of drug-likeness (QED) is 0.657. The summed E-state index contributed by atoms with van der Waals surface area (Å²) in [7, 11) is -2.51. The van der Waals surface area contributed by atoms with Gasteiger partial charge in [0.05, 0.1) is 5.69 Å². The van der Waals surface area contributed by atoms with Crippen LogP contribution >= 0.6 is 0 Å². The molecule has 8 heteroatoms. The van der Waals surface area contributed by atoms with E-state index in [1.165, 1.54) is 41.9 Å². The van der Waals surface area contributed by atoms with Crippen LogP contribution < -0.4 is 5.48 Å². The predicted molar refractivity (Wildman–Crippen MR) is 73.1 cm³/mol. The van der Waals surface area contributed by atoms with Crippen LogP contribution in [0.5, 0.6) is 0 Å². The number of hydrogen-bond acceptors (Lipinski definition) is 5. The molecule has 0 unspecified atom stereocenters. The Hall–Kier alpha value is -2.58. The topological polar surface area (TPSA) is 95.8 Å². The molecule has 21 heavy (non-hydrogen) atoms. The van der Waals surface area contributed by atoms with E-state index < -0.39 is 16.4 Å². The summed E-state index contributed by atoms with van der Waals surface area (Å²) in [4.78, 5) is 10.8. The molecule has 2 aromatic rings. The number of amides is 1. The Kier molecular flexibility index (Phi) is 6.72. The predicted octanol–water partition coefficient (Wildman–Crippen LogP) is 2.33. The average Bonchev–Trinajstić information content (AvgIpc) is 2.48. The second kappa shape index (κ2) is 8.56. The minimum Gasteiger partial charge on any atom is -0.288 e. The van der Waals surface area contributed by atoms with Gasteiger partial charge in [-0.1, -0.05) is 18.2 Å². The minimum atomic E-state index is -2.51. The van der Waals surface area contributed by atoms with Crippen LogP contribution in [-0.2, 0) is 10.5 Å². The summed E-state index contributed by atoms with van der Waals surface area (Å²) in [5.74, 6) is -0.845. The summed E-state index contributed by atoms with van der Waals surface area (Å²) >= 11 is 0. The van der Waals surface area contributed by atoms with Gasteiger partial charge < -0.3 is 0 Å². The van der Waals surface area contributed by atoms with Crippen molar-refractivity contribution in [2.45, 2.75) is 0 Å². The fraction of sp³-hybridized carbons (Fsp3) is 0. The van der Waals surface area contributed by atoms with Crippen LogP contribution in [0.15, 0.2) is 59.0 Å².